The van der Waals surface area contributed by atoms with E-state index in [1.165, 1.54) is 0 Å². The third-order valence-electron chi connectivity index (χ3n) is 3.38. The van der Waals surface area contributed by atoms with Crippen molar-refractivity contribution >= 4 is 16.9 Å². The van der Waals surface area contributed by atoms with Crippen LogP contribution in [0.3, 0.4) is 0 Å². The van der Waals surface area contributed by atoms with Crippen LogP contribution in [0.15, 0.2) is 0 Å². The summed E-state index contributed by atoms with van der Waals surface area (Å²) in [6, 6.07) is 0. The second-order valence-electron chi connectivity index (χ2n) is 4.92. The standard InChI is InChI=1S/C15H25N5O/c1-5-12-17-13-11(4)19-20(6-2)14(13)15(18-12)16-9-8-10-21-7-3/h5-10H2,1-4H3,(H,16,17,18). The summed E-state index contributed by atoms with van der Waals surface area (Å²) in [6.07, 6.45) is 1.78. The normalized spacial score (nSPS) is 11.2. The highest BCUT2D eigenvalue weighted by atomic mass is 16.5. The van der Waals surface area contributed by atoms with Gasteiger partial charge in [0.25, 0.3) is 0 Å². The first-order chi connectivity index (χ1) is 10.2. The highest BCUT2D eigenvalue weighted by Crippen LogP contribution is 2.23. The van der Waals surface area contributed by atoms with Crippen molar-refractivity contribution in [2.24, 2.45) is 0 Å². The van der Waals surface area contributed by atoms with Gasteiger partial charge >= 0.3 is 0 Å². The molecule has 2 aromatic rings. The molecule has 0 atom stereocenters. The summed E-state index contributed by atoms with van der Waals surface area (Å²) >= 11 is 0. The third-order valence-corrected chi connectivity index (χ3v) is 3.38. The molecule has 2 rings (SSSR count). The summed E-state index contributed by atoms with van der Waals surface area (Å²) in [4.78, 5) is 9.26. The number of hydrogen-bond acceptors (Lipinski definition) is 5. The fraction of sp³-hybridized carbons (Fsp3) is 0.667. The fourth-order valence-electron chi connectivity index (χ4n) is 2.31. The lowest BCUT2D eigenvalue weighted by atomic mass is 10.3. The SMILES string of the molecule is CCOCCCNc1nc(CC)nc2c(C)nn(CC)c12. The van der Waals surface area contributed by atoms with Crippen molar-refractivity contribution < 1.29 is 4.74 Å². The van der Waals surface area contributed by atoms with E-state index in [0.717, 1.165) is 67.5 Å². The molecule has 0 aliphatic heterocycles. The highest BCUT2D eigenvalue weighted by molar-refractivity contribution is 5.87. The van der Waals surface area contributed by atoms with E-state index in [0.29, 0.717) is 0 Å². The molecule has 2 aromatic heterocycles. The fourth-order valence-corrected chi connectivity index (χ4v) is 2.31. The van der Waals surface area contributed by atoms with E-state index in [1.54, 1.807) is 0 Å². The van der Waals surface area contributed by atoms with Crippen molar-refractivity contribution in [2.75, 3.05) is 25.1 Å². The molecule has 2 heterocycles. The zero-order valence-electron chi connectivity index (χ0n) is 13.4. The summed E-state index contributed by atoms with van der Waals surface area (Å²) in [5, 5.41) is 7.97. The van der Waals surface area contributed by atoms with Crippen molar-refractivity contribution in [2.45, 2.75) is 47.1 Å². The van der Waals surface area contributed by atoms with Gasteiger partial charge in [0.15, 0.2) is 5.82 Å². The molecule has 0 aliphatic rings. The van der Waals surface area contributed by atoms with Gasteiger partial charge in [-0.2, -0.15) is 5.10 Å². The lowest BCUT2D eigenvalue weighted by Gasteiger charge is -2.10. The third kappa shape index (κ3) is 3.50. The summed E-state index contributed by atoms with van der Waals surface area (Å²) in [5.41, 5.74) is 2.92. The van der Waals surface area contributed by atoms with E-state index < -0.39 is 0 Å². The van der Waals surface area contributed by atoms with E-state index in [1.807, 2.05) is 18.5 Å². The van der Waals surface area contributed by atoms with Crippen LogP contribution >= 0.6 is 0 Å². The molecule has 1 N–H and O–H groups in total. The van der Waals surface area contributed by atoms with Crippen molar-refractivity contribution in [3.05, 3.63) is 11.5 Å². The lowest BCUT2D eigenvalue weighted by molar-refractivity contribution is 0.147. The first-order valence-electron chi connectivity index (χ1n) is 7.76. The van der Waals surface area contributed by atoms with Crippen LogP contribution in [0.25, 0.3) is 11.0 Å². The van der Waals surface area contributed by atoms with E-state index in [2.05, 4.69) is 34.2 Å². The smallest absolute Gasteiger partial charge is 0.156 e. The van der Waals surface area contributed by atoms with Gasteiger partial charge < -0.3 is 10.1 Å². The molecule has 0 aromatic carbocycles. The Balaban J connectivity index is 2.27. The first kappa shape index (κ1) is 15.7. The van der Waals surface area contributed by atoms with Crippen LogP contribution in [0.2, 0.25) is 0 Å². The van der Waals surface area contributed by atoms with E-state index >= 15 is 0 Å². The average molecular weight is 291 g/mol. The average Bonchev–Trinajstić information content (AvgIpc) is 2.83. The molecule has 0 radical (unpaired) electrons. The van der Waals surface area contributed by atoms with Crippen LogP contribution in [0, 0.1) is 6.92 Å². The van der Waals surface area contributed by atoms with Crippen LogP contribution in [-0.4, -0.2) is 39.5 Å². The summed E-state index contributed by atoms with van der Waals surface area (Å²) < 4.78 is 7.33. The van der Waals surface area contributed by atoms with Crippen molar-refractivity contribution in [3.63, 3.8) is 0 Å². The monoisotopic (exact) mass is 291 g/mol. The predicted molar refractivity (Wildman–Crippen MR) is 84.7 cm³/mol. The van der Waals surface area contributed by atoms with Gasteiger partial charge in [-0.15, -0.1) is 0 Å². The number of fused-ring (bicyclic) bond motifs is 1. The quantitative estimate of drug-likeness (QED) is 0.757. The van der Waals surface area contributed by atoms with Crippen molar-refractivity contribution in [3.8, 4) is 0 Å². The summed E-state index contributed by atoms with van der Waals surface area (Å²) in [7, 11) is 0. The van der Waals surface area contributed by atoms with Gasteiger partial charge in [-0.05, 0) is 27.2 Å². The summed E-state index contributed by atoms with van der Waals surface area (Å²) in [5.74, 6) is 1.74. The predicted octanol–water partition coefficient (Wildman–Crippen LogP) is 2.56. The maximum absolute atomic E-state index is 5.36. The molecule has 0 saturated carbocycles. The Bertz CT molecular complexity index is 593. The topological polar surface area (TPSA) is 64.9 Å². The zero-order chi connectivity index (χ0) is 15.2. The van der Waals surface area contributed by atoms with Crippen LogP contribution < -0.4 is 5.32 Å². The van der Waals surface area contributed by atoms with Crippen LogP contribution in [-0.2, 0) is 17.7 Å². The molecule has 0 amide bonds. The van der Waals surface area contributed by atoms with Crippen molar-refractivity contribution in [1.82, 2.24) is 19.7 Å². The Morgan fingerprint density at radius 2 is 2.00 bits per heavy atom. The van der Waals surface area contributed by atoms with E-state index in [-0.39, 0.29) is 0 Å². The van der Waals surface area contributed by atoms with E-state index in [9.17, 15) is 0 Å². The molecule has 0 spiro atoms. The molecule has 0 fully saturated rings. The Hall–Kier alpha value is -1.69. The van der Waals surface area contributed by atoms with Crippen LogP contribution in [0.1, 0.15) is 38.7 Å². The minimum absolute atomic E-state index is 0.763. The van der Waals surface area contributed by atoms with Gasteiger partial charge in [-0.3, -0.25) is 4.68 Å². The van der Waals surface area contributed by atoms with Gasteiger partial charge in [-0.1, -0.05) is 6.92 Å². The molecular formula is C15H25N5O. The molecule has 0 bridgehead atoms. The molecule has 0 unspecified atom stereocenters. The number of aryl methyl sites for hydroxylation is 3. The van der Waals surface area contributed by atoms with Gasteiger partial charge in [0, 0.05) is 32.7 Å². The molecular weight excluding hydrogens is 266 g/mol. The second-order valence-corrected chi connectivity index (χ2v) is 4.92. The molecule has 0 saturated heterocycles. The minimum atomic E-state index is 0.763. The lowest BCUT2D eigenvalue weighted by Crippen LogP contribution is -2.10. The van der Waals surface area contributed by atoms with Gasteiger partial charge in [0.1, 0.15) is 16.9 Å². The zero-order valence-corrected chi connectivity index (χ0v) is 13.4. The van der Waals surface area contributed by atoms with Gasteiger partial charge in [-0.25, -0.2) is 9.97 Å². The van der Waals surface area contributed by atoms with Gasteiger partial charge in [0.2, 0.25) is 0 Å². The number of ether oxygens (including phenoxy) is 1. The molecule has 6 nitrogen and oxygen atoms in total. The van der Waals surface area contributed by atoms with Crippen LogP contribution in [0.4, 0.5) is 5.82 Å². The number of rotatable bonds is 8. The molecule has 6 heteroatoms. The number of nitrogens with one attached hydrogen (secondary N) is 1. The number of anilines is 1. The number of nitrogens with zero attached hydrogens (tertiary/aromatic N) is 4. The van der Waals surface area contributed by atoms with Gasteiger partial charge in [0.05, 0.1) is 5.69 Å². The maximum atomic E-state index is 5.36. The van der Waals surface area contributed by atoms with E-state index in [4.69, 9.17) is 4.74 Å². The van der Waals surface area contributed by atoms with Crippen LogP contribution in [0.5, 0.6) is 0 Å². The molecule has 0 aliphatic carbocycles. The minimum Gasteiger partial charge on any atom is -0.382 e. The largest absolute Gasteiger partial charge is 0.382 e. The highest BCUT2D eigenvalue weighted by Gasteiger charge is 2.15. The Labute approximate surface area is 125 Å². The molecule has 116 valence electrons. The number of aromatic nitrogens is 4. The Morgan fingerprint density at radius 3 is 2.67 bits per heavy atom. The Morgan fingerprint density at radius 1 is 1.19 bits per heavy atom. The second kappa shape index (κ2) is 7.36. The number of hydrogen-bond donors (Lipinski definition) is 1. The Kier molecular flexibility index (Phi) is 5.50. The maximum Gasteiger partial charge on any atom is 0.156 e. The summed E-state index contributed by atoms with van der Waals surface area (Å²) in [6.45, 7) is 11.3. The van der Waals surface area contributed by atoms with Crippen molar-refractivity contribution in [1.29, 1.82) is 0 Å². The first-order valence-corrected chi connectivity index (χ1v) is 7.76. The molecule has 21 heavy (non-hydrogen) atoms.